The van der Waals surface area contributed by atoms with Crippen LogP contribution >= 0.6 is 0 Å². The standard InChI is InChI=1S/C22H30N4O2/c1-15-7-12-19(16(2)13-15)24-22(28)21(27)23-14-20(26(5)6)17-8-10-18(11-9-17)25(3)4/h7-13,20H,14H2,1-6H3,(H,23,27)(H,24,28). The first kappa shape index (κ1) is 21.4. The number of rotatable bonds is 6. The molecule has 2 aromatic carbocycles. The summed E-state index contributed by atoms with van der Waals surface area (Å²) in [5.74, 6) is -1.30. The minimum atomic E-state index is -0.660. The Morgan fingerprint density at radius 1 is 0.929 bits per heavy atom. The van der Waals surface area contributed by atoms with Gasteiger partial charge in [-0.2, -0.15) is 0 Å². The average molecular weight is 383 g/mol. The monoisotopic (exact) mass is 382 g/mol. The largest absolute Gasteiger partial charge is 0.378 e. The van der Waals surface area contributed by atoms with Crippen molar-refractivity contribution < 1.29 is 9.59 Å². The van der Waals surface area contributed by atoms with Gasteiger partial charge in [-0.05, 0) is 57.3 Å². The Morgan fingerprint density at radius 3 is 2.11 bits per heavy atom. The minimum Gasteiger partial charge on any atom is -0.378 e. The van der Waals surface area contributed by atoms with Crippen molar-refractivity contribution >= 4 is 23.2 Å². The minimum absolute atomic E-state index is 0.0333. The SMILES string of the molecule is Cc1ccc(NC(=O)C(=O)NCC(c2ccc(N(C)C)cc2)N(C)C)c(C)c1. The van der Waals surface area contributed by atoms with Gasteiger partial charge in [0.2, 0.25) is 0 Å². The fourth-order valence-electron chi connectivity index (χ4n) is 3.00. The number of benzene rings is 2. The average Bonchev–Trinajstić information content (AvgIpc) is 2.64. The Labute approximate surface area is 167 Å². The van der Waals surface area contributed by atoms with E-state index in [0.717, 1.165) is 22.4 Å². The van der Waals surface area contributed by atoms with Gasteiger partial charge in [0.1, 0.15) is 0 Å². The summed E-state index contributed by atoms with van der Waals surface area (Å²) in [4.78, 5) is 28.6. The third kappa shape index (κ3) is 5.57. The summed E-state index contributed by atoms with van der Waals surface area (Å²) in [5.41, 5.74) is 4.86. The van der Waals surface area contributed by atoms with Crippen molar-refractivity contribution in [3.05, 3.63) is 59.2 Å². The smallest absolute Gasteiger partial charge is 0.313 e. The number of nitrogens with one attached hydrogen (secondary N) is 2. The quantitative estimate of drug-likeness (QED) is 0.754. The van der Waals surface area contributed by atoms with E-state index < -0.39 is 11.8 Å². The van der Waals surface area contributed by atoms with Crippen molar-refractivity contribution in [3.63, 3.8) is 0 Å². The van der Waals surface area contributed by atoms with Crippen LogP contribution in [0.4, 0.5) is 11.4 Å². The number of carbonyl (C=O) groups excluding carboxylic acids is 2. The molecule has 28 heavy (non-hydrogen) atoms. The molecule has 0 saturated carbocycles. The van der Waals surface area contributed by atoms with E-state index in [1.165, 1.54) is 0 Å². The van der Waals surface area contributed by atoms with Gasteiger partial charge in [0.15, 0.2) is 0 Å². The Morgan fingerprint density at radius 2 is 1.57 bits per heavy atom. The van der Waals surface area contributed by atoms with Crippen LogP contribution in [0.5, 0.6) is 0 Å². The molecule has 2 aromatic rings. The highest BCUT2D eigenvalue weighted by Crippen LogP contribution is 2.21. The molecule has 2 N–H and O–H groups in total. The Hall–Kier alpha value is -2.86. The fraction of sp³-hybridized carbons (Fsp3) is 0.364. The summed E-state index contributed by atoms with van der Waals surface area (Å²) in [6.45, 7) is 4.23. The van der Waals surface area contributed by atoms with Crippen LogP contribution in [-0.2, 0) is 9.59 Å². The maximum Gasteiger partial charge on any atom is 0.313 e. The molecule has 150 valence electrons. The maximum atomic E-state index is 12.3. The van der Waals surface area contributed by atoms with E-state index in [2.05, 4.69) is 10.6 Å². The fourth-order valence-corrected chi connectivity index (χ4v) is 3.00. The second kappa shape index (κ2) is 9.37. The van der Waals surface area contributed by atoms with Crippen LogP contribution in [-0.4, -0.2) is 51.4 Å². The molecule has 0 fully saturated rings. The summed E-state index contributed by atoms with van der Waals surface area (Å²) in [7, 11) is 7.89. The van der Waals surface area contributed by atoms with Gasteiger partial charge in [-0.1, -0.05) is 29.8 Å². The third-order valence-electron chi connectivity index (χ3n) is 4.71. The second-order valence-electron chi connectivity index (χ2n) is 7.45. The molecule has 2 amide bonds. The summed E-state index contributed by atoms with van der Waals surface area (Å²) < 4.78 is 0. The van der Waals surface area contributed by atoms with Crippen LogP contribution in [0, 0.1) is 13.8 Å². The van der Waals surface area contributed by atoms with E-state index in [4.69, 9.17) is 0 Å². The Balaban J connectivity index is 2.00. The number of nitrogens with zero attached hydrogens (tertiary/aromatic N) is 2. The van der Waals surface area contributed by atoms with Crippen LogP contribution in [0.25, 0.3) is 0 Å². The number of carbonyl (C=O) groups is 2. The lowest BCUT2D eigenvalue weighted by Crippen LogP contribution is -2.40. The molecule has 0 aliphatic carbocycles. The molecule has 1 atom stereocenters. The van der Waals surface area contributed by atoms with Gasteiger partial charge in [-0.15, -0.1) is 0 Å². The van der Waals surface area contributed by atoms with E-state index in [-0.39, 0.29) is 6.04 Å². The first-order chi connectivity index (χ1) is 13.2. The lowest BCUT2D eigenvalue weighted by atomic mass is 10.1. The predicted molar refractivity (Wildman–Crippen MR) is 115 cm³/mol. The van der Waals surface area contributed by atoms with Crippen molar-refractivity contribution in [3.8, 4) is 0 Å². The number of amides is 2. The number of hydrogen-bond acceptors (Lipinski definition) is 4. The van der Waals surface area contributed by atoms with Crippen molar-refractivity contribution in [2.75, 3.05) is 45.0 Å². The Kier molecular flexibility index (Phi) is 7.18. The van der Waals surface area contributed by atoms with Gasteiger partial charge in [0, 0.05) is 32.0 Å². The van der Waals surface area contributed by atoms with Crippen LogP contribution in [0.1, 0.15) is 22.7 Å². The van der Waals surface area contributed by atoms with Crippen LogP contribution < -0.4 is 15.5 Å². The van der Waals surface area contributed by atoms with Gasteiger partial charge in [-0.25, -0.2) is 0 Å². The molecule has 0 bridgehead atoms. The van der Waals surface area contributed by atoms with Crippen LogP contribution in [0.2, 0.25) is 0 Å². The second-order valence-corrected chi connectivity index (χ2v) is 7.45. The van der Waals surface area contributed by atoms with Gasteiger partial charge < -0.3 is 20.4 Å². The van der Waals surface area contributed by atoms with E-state index >= 15 is 0 Å². The molecular formula is C22H30N4O2. The molecule has 0 radical (unpaired) electrons. The molecule has 2 rings (SSSR count). The number of likely N-dealkylation sites (N-methyl/N-ethyl adjacent to an activating group) is 1. The van der Waals surface area contributed by atoms with Gasteiger partial charge in [0.25, 0.3) is 0 Å². The maximum absolute atomic E-state index is 12.3. The number of hydrogen-bond donors (Lipinski definition) is 2. The van der Waals surface area contributed by atoms with Crippen molar-refractivity contribution in [1.82, 2.24) is 10.2 Å². The highest BCUT2D eigenvalue weighted by atomic mass is 16.2. The zero-order chi connectivity index (χ0) is 20.8. The molecule has 0 aliphatic rings. The molecule has 0 heterocycles. The number of anilines is 2. The van der Waals surface area contributed by atoms with E-state index in [1.54, 1.807) is 0 Å². The normalized spacial score (nSPS) is 11.8. The lowest BCUT2D eigenvalue weighted by Gasteiger charge is -2.25. The zero-order valence-electron chi connectivity index (χ0n) is 17.5. The summed E-state index contributed by atoms with van der Waals surface area (Å²) >= 11 is 0. The molecule has 1 unspecified atom stereocenters. The molecule has 6 heteroatoms. The molecule has 0 saturated heterocycles. The molecule has 0 aromatic heterocycles. The van der Waals surface area contributed by atoms with Crippen LogP contribution in [0.15, 0.2) is 42.5 Å². The van der Waals surface area contributed by atoms with E-state index in [0.29, 0.717) is 12.2 Å². The van der Waals surface area contributed by atoms with Crippen molar-refractivity contribution in [2.45, 2.75) is 19.9 Å². The molecule has 0 aliphatic heterocycles. The first-order valence-electron chi connectivity index (χ1n) is 9.29. The van der Waals surface area contributed by atoms with Crippen molar-refractivity contribution in [2.24, 2.45) is 0 Å². The predicted octanol–water partition coefficient (Wildman–Crippen LogP) is 2.73. The lowest BCUT2D eigenvalue weighted by molar-refractivity contribution is -0.136. The van der Waals surface area contributed by atoms with Crippen LogP contribution in [0.3, 0.4) is 0 Å². The summed E-state index contributed by atoms with van der Waals surface area (Å²) in [5, 5.41) is 5.43. The van der Waals surface area contributed by atoms with E-state index in [9.17, 15) is 9.59 Å². The third-order valence-corrected chi connectivity index (χ3v) is 4.71. The van der Waals surface area contributed by atoms with Gasteiger partial charge in [0.05, 0.1) is 6.04 Å². The first-order valence-corrected chi connectivity index (χ1v) is 9.29. The van der Waals surface area contributed by atoms with Crippen molar-refractivity contribution in [1.29, 1.82) is 0 Å². The zero-order valence-corrected chi connectivity index (χ0v) is 17.5. The summed E-state index contributed by atoms with van der Waals surface area (Å²) in [6.07, 6.45) is 0. The molecule has 0 spiro atoms. The summed E-state index contributed by atoms with van der Waals surface area (Å²) in [6, 6.07) is 13.8. The van der Waals surface area contributed by atoms with Gasteiger partial charge >= 0.3 is 11.8 Å². The van der Waals surface area contributed by atoms with E-state index in [1.807, 2.05) is 94.3 Å². The topological polar surface area (TPSA) is 64.7 Å². The highest BCUT2D eigenvalue weighted by Gasteiger charge is 2.19. The van der Waals surface area contributed by atoms with Gasteiger partial charge in [-0.3, -0.25) is 9.59 Å². The molecule has 6 nitrogen and oxygen atoms in total. The number of aryl methyl sites for hydroxylation is 2. The Bertz CT molecular complexity index is 829. The highest BCUT2D eigenvalue weighted by molar-refractivity contribution is 6.39. The molecular weight excluding hydrogens is 352 g/mol.